The van der Waals surface area contributed by atoms with E-state index in [9.17, 15) is 0 Å². The molecular formula is C37H31BrN2O. The first-order chi connectivity index (χ1) is 20.1. The molecular weight excluding hydrogens is 568 g/mol. The number of nitrogens with one attached hydrogen (secondary N) is 1. The third-order valence-corrected chi connectivity index (χ3v) is 8.97. The van der Waals surface area contributed by atoms with E-state index in [1.54, 1.807) is 0 Å². The summed E-state index contributed by atoms with van der Waals surface area (Å²) in [5, 5.41) is 6.28. The van der Waals surface area contributed by atoms with Crippen molar-refractivity contribution in [3.63, 3.8) is 0 Å². The fourth-order valence-corrected chi connectivity index (χ4v) is 6.76. The molecule has 0 radical (unpaired) electrons. The highest BCUT2D eigenvalue weighted by Gasteiger charge is 2.37. The van der Waals surface area contributed by atoms with E-state index in [-0.39, 0.29) is 0 Å². The van der Waals surface area contributed by atoms with Crippen LogP contribution in [0.15, 0.2) is 125 Å². The molecule has 0 aromatic heterocycles. The van der Waals surface area contributed by atoms with Crippen molar-refractivity contribution in [3.05, 3.63) is 148 Å². The first-order valence-corrected chi connectivity index (χ1v) is 15.0. The van der Waals surface area contributed by atoms with Crippen LogP contribution in [0, 0.1) is 12.8 Å². The lowest BCUT2D eigenvalue weighted by Gasteiger charge is -2.37. The molecule has 1 N–H and O–H groups in total. The van der Waals surface area contributed by atoms with Crippen LogP contribution in [-0.4, -0.2) is 6.21 Å². The predicted octanol–water partition coefficient (Wildman–Crippen LogP) is 10.1. The molecule has 5 aromatic carbocycles. The SMILES string of the molecule is Cc1ccc2c(c1)[C@@H]1C=CC[C@@H]1[C@H](c1ccc(N=Cc3ccc(OCc4cccc5ccccc45)c(Br)c3)cc1)N2. The van der Waals surface area contributed by atoms with E-state index < -0.39 is 0 Å². The maximum atomic E-state index is 6.18. The summed E-state index contributed by atoms with van der Waals surface area (Å²) < 4.78 is 7.09. The van der Waals surface area contributed by atoms with Crippen LogP contribution in [0.25, 0.3) is 10.8 Å². The van der Waals surface area contributed by atoms with Gasteiger partial charge in [0.15, 0.2) is 0 Å². The maximum absolute atomic E-state index is 6.18. The molecule has 0 bridgehead atoms. The summed E-state index contributed by atoms with van der Waals surface area (Å²) in [6.07, 6.45) is 7.75. The number of rotatable bonds is 6. The monoisotopic (exact) mass is 598 g/mol. The van der Waals surface area contributed by atoms with Crippen molar-refractivity contribution >= 4 is 44.3 Å². The van der Waals surface area contributed by atoms with Crippen LogP contribution in [0.4, 0.5) is 11.4 Å². The first-order valence-electron chi connectivity index (χ1n) is 14.2. The van der Waals surface area contributed by atoms with E-state index in [4.69, 9.17) is 9.73 Å². The summed E-state index contributed by atoms with van der Waals surface area (Å²) in [6, 6.07) is 36.6. The summed E-state index contributed by atoms with van der Waals surface area (Å²) in [7, 11) is 0. The Morgan fingerprint density at radius 2 is 1.78 bits per heavy atom. The number of benzene rings is 5. The summed E-state index contributed by atoms with van der Waals surface area (Å²) >= 11 is 3.69. The van der Waals surface area contributed by atoms with Gasteiger partial charge in [0.2, 0.25) is 0 Å². The molecule has 2 aliphatic rings. The van der Waals surface area contributed by atoms with E-state index >= 15 is 0 Å². The minimum Gasteiger partial charge on any atom is -0.488 e. The van der Waals surface area contributed by atoms with E-state index in [2.05, 4.69) is 131 Å². The van der Waals surface area contributed by atoms with E-state index in [1.807, 2.05) is 18.3 Å². The molecule has 41 heavy (non-hydrogen) atoms. The summed E-state index contributed by atoms with van der Waals surface area (Å²) in [4.78, 5) is 4.75. The number of ether oxygens (including phenoxy) is 1. The Labute approximate surface area is 249 Å². The highest BCUT2D eigenvalue weighted by atomic mass is 79.9. The Hall–Kier alpha value is -4.15. The highest BCUT2D eigenvalue weighted by molar-refractivity contribution is 9.10. The topological polar surface area (TPSA) is 33.6 Å². The van der Waals surface area contributed by atoms with Crippen molar-refractivity contribution in [3.8, 4) is 5.75 Å². The number of nitrogens with zero attached hydrogens (tertiary/aromatic N) is 1. The number of anilines is 1. The van der Waals surface area contributed by atoms with Gasteiger partial charge in [-0.3, -0.25) is 4.99 Å². The van der Waals surface area contributed by atoms with Crippen LogP contribution in [0.2, 0.25) is 0 Å². The Morgan fingerprint density at radius 3 is 2.66 bits per heavy atom. The summed E-state index contributed by atoms with van der Waals surface area (Å²) in [5.74, 6) is 1.83. The molecule has 1 heterocycles. The van der Waals surface area contributed by atoms with Gasteiger partial charge in [0.05, 0.1) is 16.2 Å². The van der Waals surface area contributed by atoms with Gasteiger partial charge >= 0.3 is 0 Å². The van der Waals surface area contributed by atoms with E-state index in [0.717, 1.165) is 27.9 Å². The second kappa shape index (κ2) is 11.0. The number of fused-ring (bicyclic) bond motifs is 4. The third kappa shape index (κ3) is 5.20. The third-order valence-electron chi connectivity index (χ3n) is 8.35. The first kappa shape index (κ1) is 25.8. The van der Waals surface area contributed by atoms with Gasteiger partial charge in [-0.05, 0) is 105 Å². The lowest BCUT2D eigenvalue weighted by Crippen LogP contribution is -2.29. The molecule has 3 atom stereocenters. The molecule has 0 unspecified atom stereocenters. The molecule has 0 saturated heterocycles. The van der Waals surface area contributed by atoms with Gasteiger partial charge in [-0.25, -0.2) is 0 Å². The Balaban J connectivity index is 1.03. The normalized spacial score (nSPS) is 19.2. The molecule has 0 fully saturated rings. The molecule has 0 saturated carbocycles. The largest absolute Gasteiger partial charge is 0.488 e. The fraction of sp³-hybridized carbons (Fsp3) is 0.162. The van der Waals surface area contributed by atoms with Gasteiger partial charge in [0, 0.05) is 17.8 Å². The summed E-state index contributed by atoms with van der Waals surface area (Å²) in [5.41, 5.74) is 8.44. The molecule has 3 nitrogen and oxygen atoms in total. The quantitative estimate of drug-likeness (QED) is 0.156. The molecule has 5 aromatic rings. The van der Waals surface area contributed by atoms with Crippen LogP contribution < -0.4 is 10.1 Å². The van der Waals surface area contributed by atoms with Crippen molar-refractivity contribution in [2.24, 2.45) is 10.9 Å². The van der Waals surface area contributed by atoms with Crippen LogP contribution in [0.3, 0.4) is 0 Å². The van der Waals surface area contributed by atoms with Crippen molar-refractivity contribution in [2.45, 2.75) is 31.9 Å². The molecule has 0 amide bonds. The van der Waals surface area contributed by atoms with Crippen molar-refractivity contribution in [1.82, 2.24) is 0 Å². The molecule has 7 rings (SSSR count). The number of allylic oxidation sites excluding steroid dienone is 2. The average molecular weight is 600 g/mol. The highest BCUT2D eigenvalue weighted by Crippen LogP contribution is 2.50. The standard InChI is InChI=1S/C37H31BrN2O/c1-24-12-18-35-33(20-24)31-10-5-11-32(31)37(40-35)27-14-16-29(17-15-27)39-22-25-13-19-36(34(38)21-25)41-23-28-8-4-7-26-6-2-3-9-30(26)28/h2-10,12-22,31-32,37,40H,11,23H2,1H3/t31-,32+,37+/m1/s1. The lowest BCUT2D eigenvalue weighted by molar-refractivity contribution is 0.305. The zero-order valence-electron chi connectivity index (χ0n) is 22.9. The van der Waals surface area contributed by atoms with Gasteiger partial charge < -0.3 is 10.1 Å². The smallest absolute Gasteiger partial charge is 0.134 e. The Morgan fingerprint density at radius 1 is 0.927 bits per heavy atom. The van der Waals surface area contributed by atoms with Crippen LogP contribution in [0.1, 0.15) is 46.2 Å². The predicted molar refractivity (Wildman–Crippen MR) is 174 cm³/mol. The molecule has 0 spiro atoms. The maximum Gasteiger partial charge on any atom is 0.134 e. The minimum atomic E-state index is 0.292. The number of hydrogen-bond donors (Lipinski definition) is 1. The molecule has 202 valence electrons. The van der Waals surface area contributed by atoms with Gasteiger partial charge in [-0.2, -0.15) is 0 Å². The number of hydrogen-bond acceptors (Lipinski definition) is 3. The zero-order chi connectivity index (χ0) is 27.8. The van der Waals surface area contributed by atoms with Crippen LogP contribution in [-0.2, 0) is 6.61 Å². The van der Waals surface area contributed by atoms with Crippen LogP contribution >= 0.6 is 15.9 Å². The van der Waals surface area contributed by atoms with Crippen molar-refractivity contribution < 1.29 is 4.74 Å². The summed E-state index contributed by atoms with van der Waals surface area (Å²) in [6.45, 7) is 2.69. The fourth-order valence-electron chi connectivity index (χ4n) is 6.25. The van der Waals surface area contributed by atoms with Gasteiger partial charge in [0.1, 0.15) is 12.4 Å². The van der Waals surface area contributed by atoms with Crippen LogP contribution in [0.5, 0.6) is 5.75 Å². The van der Waals surface area contributed by atoms with Gasteiger partial charge in [0.25, 0.3) is 0 Å². The van der Waals surface area contributed by atoms with Gasteiger partial charge in [-0.15, -0.1) is 0 Å². The second-order valence-corrected chi connectivity index (χ2v) is 11.9. The number of halogens is 1. The lowest BCUT2D eigenvalue weighted by atomic mass is 9.76. The van der Waals surface area contributed by atoms with Crippen molar-refractivity contribution in [2.75, 3.05) is 5.32 Å². The van der Waals surface area contributed by atoms with Crippen molar-refractivity contribution in [1.29, 1.82) is 0 Å². The number of aliphatic imine (C=N–C) groups is 1. The Kier molecular flexibility index (Phi) is 6.93. The second-order valence-electron chi connectivity index (χ2n) is 11.0. The van der Waals surface area contributed by atoms with E-state index in [1.165, 1.54) is 38.7 Å². The zero-order valence-corrected chi connectivity index (χ0v) is 24.5. The molecule has 1 aliphatic carbocycles. The Bertz CT molecular complexity index is 1780. The molecule has 1 aliphatic heterocycles. The van der Waals surface area contributed by atoms with Gasteiger partial charge in [-0.1, -0.05) is 84.4 Å². The van der Waals surface area contributed by atoms with E-state index in [0.29, 0.717) is 24.5 Å². The molecule has 4 heteroatoms. The number of aryl methyl sites for hydroxylation is 1. The average Bonchev–Trinajstić information content (AvgIpc) is 3.50. The minimum absolute atomic E-state index is 0.292.